The molecular formula is C30H42O5. The van der Waals surface area contributed by atoms with Crippen molar-refractivity contribution in [2.24, 2.45) is 5.92 Å². The highest BCUT2D eigenvalue weighted by Gasteiger charge is 2.14. The molecular weight excluding hydrogens is 440 g/mol. The van der Waals surface area contributed by atoms with Crippen LogP contribution in [0.4, 0.5) is 0 Å². The zero-order valence-electron chi connectivity index (χ0n) is 21.7. The first-order valence-electron chi connectivity index (χ1n) is 13.3. The number of hydrogen-bond acceptors (Lipinski definition) is 5. The van der Waals surface area contributed by atoms with Gasteiger partial charge in [0.05, 0.1) is 18.1 Å². The summed E-state index contributed by atoms with van der Waals surface area (Å²) in [5.41, 5.74) is 0.448. The van der Waals surface area contributed by atoms with Crippen molar-refractivity contribution in [3.8, 4) is 17.2 Å². The largest absolute Gasteiger partial charge is 0.494 e. The molecule has 0 aromatic heterocycles. The van der Waals surface area contributed by atoms with Gasteiger partial charge in [0.2, 0.25) is 0 Å². The lowest BCUT2D eigenvalue weighted by atomic mass is 10.1. The lowest BCUT2D eigenvalue weighted by Gasteiger charge is -2.10. The van der Waals surface area contributed by atoms with Gasteiger partial charge in [0.1, 0.15) is 17.2 Å². The fraction of sp³-hybridized carbons (Fsp3) is 0.533. The van der Waals surface area contributed by atoms with Crippen LogP contribution in [-0.2, 0) is 4.79 Å². The molecule has 0 radical (unpaired) electrons. The van der Waals surface area contributed by atoms with Gasteiger partial charge in [0.25, 0.3) is 0 Å². The van der Waals surface area contributed by atoms with E-state index in [-0.39, 0.29) is 11.9 Å². The van der Waals surface area contributed by atoms with E-state index < -0.39 is 5.97 Å². The van der Waals surface area contributed by atoms with E-state index in [9.17, 15) is 9.59 Å². The summed E-state index contributed by atoms with van der Waals surface area (Å²) < 4.78 is 16.5. The predicted molar refractivity (Wildman–Crippen MR) is 140 cm³/mol. The molecule has 0 saturated carbocycles. The van der Waals surface area contributed by atoms with Gasteiger partial charge in [-0.05, 0) is 61.4 Å². The number of esters is 2. The minimum atomic E-state index is -0.449. The van der Waals surface area contributed by atoms with Crippen molar-refractivity contribution in [3.05, 3.63) is 54.1 Å². The molecule has 0 amide bonds. The molecule has 0 N–H and O–H groups in total. The Kier molecular flexibility index (Phi) is 13.6. The van der Waals surface area contributed by atoms with Crippen LogP contribution in [0, 0.1) is 5.92 Å². The highest BCUT2D eigenvalue weighted by atomic mass is 16.5. The Bertz CT molecular complexity index is 857. The fourth-order valence-electron chi connectivity index (χ4n) is 3.59. The average molecular weight is 483 g/mol. The SMILES string of the molecule is CCCCCCCCCCCCOc1ccc(C(=O)Oc2ccc(OC(=O)[C@@H](C)CC)cc2)cc1. The summed E-state index contributed by atoms with van der Waals surface area (Å²) in [6, 6.07) is 13.5. The minimum Gasteiger partial charge on any atom is -0.494 e. The molecule has 0 aliphatic rings. The van der Waals surface area contributed by atoms with Crippen molar-refractivity contribution in [3.63, 3.8) is 0 Å². The van der Waals surface area contributed by atoms with Crippen LogP contribution in [0.5, 0.6) is 17.2 Å². The molecule has 0 aliphatic heterocycles. The molecule has 2 aromatic rings. The molecule has 0 heterocycles. The van der Waals surface area contributed by atoms with Crippen molar-refractivity contribution >= 4 is 11.9 Å². The number of ether oxygens (including phenoxy) is 3. The second-order valence-electron chi connectivity index (χ2n) is 9.15. The van der Waals surface area contributed by atoms with E-state index in [1.165, 1.54) is 57.8 Å². The summed E-state index contributed by atoms with van der Waals surface area (Å²) in [5.74, 6) is 0.696. The van der Waals surface area contributed by atoms with Gasteiger partial charge in [-0.3, -0.25) is 4.79 Å². The van der Waals surface area contributed by atoms with E-state index in [2.05, 4.69) is 6.92 Å². The molecule has 0 fully saturated rings. The molecule has 192 valence electrons. The molecule has 0 spiro atoms. The summed E-state index contributed by atoms with van der Waals surface area (Å²) >= 11 is 0. The molecule has 5 heteroatoms. The standard InChI is InChI=1S/C30H42O5/c1-4-6-7-8-9-10-11-12-13-14-23-33-26-17-15-25(16-18-26)30(32)35-28-21-19-27(20-22-28)34-29(31)24(3)5-2/h15-22,24H,4-14,23H2,1-3H3/t24-/m0/s1. The molecule has 0 saturated heterocycles. The maximum Gasteiger partial charge on any atom is 0.343 e. The summed E-state index contributed by atoms with van der Waals surface area (Å²) in [4.78, 5) is 24.3. The summed E-state index contributed by atoms with van der Waals surface area (Å²) in [7, 11) is 0. The third kappa shape index (κ3) is 11.4. The highest BCUT2D eigenvalue weighted by Crippen LogP contribution is 2.21. The van der Waals surface area contributed by atoms with E-state index in [0.717, 1.165) is 18.6 Å². The van der Waals surface area contributed by atoms with Crippen LogP contribution in [0.3, 0.4) is 0 Å². The van der Waals surface area contributed by atoms with E-state index in [0.29, 0.717) is 23.7 Å². The Hall–Kier alpha value is -2.82. The Morgan fingerprint density at radius 3 is 1.69 bits per heavy atom. The van der Waals surface area contributed by atoms with Gasteiger partial charge in [-0.2, -0.15) is 0 Å². The van der Waals surface area contributed by atoms with E-state index in [1.54, 1.807) is 48.5 Å². The third-order valence-electron chi connectivity index (χ3n) is 6.12. The smallest absolute Gasteiger partial charge is 0.343 e. The maximum absolute atomic E-state index is 12.4. The van der Waals surface area contributed by atoms with Crippen LogP contribution in [0.15, 0.2) is 48.5 Å². The summed E-state index contributed by atoms with van der Waals surface area (Å²) in [6.07, 6.45) is 13.7. The molecule has 5 nitrogen and oxygen atoms in total. The monoisotopic (exact) mass is 482 g/mol. The quantitative estimate of drug-likeness (QED) is 0.129. The van der Waals surface area contributed by atoms with Crippen molar-refractivity contribution < 1.29 is 23.8 Å². The maximum atomic E-state index is 12.4. The van der Waals surface area contributed by atoms with Crippen molar-refractivity contribution in [1.82, 2.24) is 0 Å². The van der Waals surface area contributed by atoms with Crippen LogP contribution in [0.1, 0.15) is 102 Å². The van der Waals surface area contributed by atoms with Crippen LogP contribution < -0.4 is 14.2 Å². The number of benzene rings is 2. The van der Waals surface area contributed by atoms with Gasteiger partial charge < -0.3 is 14.2 Å². The van der Waals surface area contributed by atoms with E-state index in [4.69, 9.17) is 14.2 Å². The zero-order chi connectivity index (χ0) is 25.3. The van der Waals surface area contributed by atoms with Gasteiger partial charge in [-0.25, -0.2) is 4.79 Å². The minimum absolute atomic E-state index is 0.158. The Morgan fingerprint density at radius 1 is 0.657 bits per heavy atom. The van der Waals surface area contributed by atoms with Gasteiger partial charge in [-0.15, -0.1) is 0 Å². The van der Waals surface area contributed by atoms with Gasteiger partial charge in [-0.1, -0.05) is 78.6 Å². The van der Waals surface area contributed by atoms with Crippen molar-refractivity contribution in [1.29, 1.82) is 0 Å². The molecule has 0 unspecified atom stereocenters. The summed E-state index contributed by atoms with van der Waals surface area (Å²) in [6.45, 7) is 6.70. The first-order chi connectivity index (χ1) is 17.0. The van der Waals surface area contributed by atoms with Crippen molar-refractivity contribution in [2.45, 2.75) is 91.4 Å². The van der Waals surface area contributed by atoms with E-state index in [1.807, 2.05) is 13.8 Å². The number of unbranched alkanes of at least 4 members (excludes halogenated alkanes) is 9. The second kappa shape index (κ2) is 16.7. The van der Waals surface area contributed by atoms with E-state index >= 15 is 0 Å². The van der Waals surface area contributed by atoms with Crippen molar-refractivity contribution in [2.75, 3.05) is 6.61 Å². The normalized spacial score (nSPS) is 11.6. The van der Waals surface area contributed by atoms with Crippen LogP contribution in [-0.4, -0.2) is 18.5 Å². The lowest BCUT2D eigenvalue weighted by molar-refractivity contribution is -0.138. The number of hydrogen-bond donors (Lipinski definition) is 0. The number of carbonyl (C=O) groups excluding carboxylic acids is 2. The Balaban J connectivity index is 1.64. The molecule has 0 aliphatic carbocycles. The molecule has 0 bridgehead atoms. The molecule has 35 heavy (non-hydrogen) atoms. The third-order valence-corrected chi connectivity index (χ3v) is 6.12. The first-order valence-corrected chi connectivity index (χ1v) is 13.3. The second-order valence-corrected chi connectivity index (χ2v) is 9.15. The zero-order valence-corrected chi connectivity index (χ0v) is 21.7. The van der Waals surface area contributed by atoms with Crippen LogP contribution in [0.2, 0.25) is 0 Å². The predicted octanol–water partition coefficient (Wildman–Crippen LogP) is 8.16. The van der Waals surface area contributed by atoms with Crippen LogP contribution >= 0.6 is 0 Å². The van der Waals surface area contributed by atoms with Gasteiger partial charge >= 0.3 is 11.9 Å². The topological polar surface area (TPSA) is 61.8 Å². The highest BCUT2D eigenvalue weighted by molar-refractivity contribution is 5.91. The van der Waals surface area contributed by atoms with Crippen LogP contribution in [0.25, 0.3) is 0 Å². The molecule has 2 aromatic carbocycles. The number of carbonyl (C=O) groups is 2. The Labute approximate surface area is 211 Å². The fourth-order valence-corrected chi connectivity index (χ4v) is 3.59. The van der Waals surface area contributed by atoms with Gasteiger partial charge in [0.15, 0.2) is 0 Å². The lowest BCUT2D eigenvalue weighted by Crippen LogP contribution is -2.16. The average Bonchev–Trinajstić information content (AvgIpc) is 2.88. The molecule has 1 atom stereocenters. The van der Waals surface area contributed by atoms with Gasteiger partial charge in [0, 0.05) is 0 Å². The Morgan fingerprint density at radius 2 is 1.14 bits per heavy atom. The number of rotatable bonds is 17. The molecule has 2 rings (SSSR count). The summed E-state index contributed by atoms with van der Waals surface area (Å²) in [5, 5.41) is 0. The first kappa shape index (κ1) is 28.4.